The lowest BCUT2D eigenvalue weighted by atomic mass is 9.95. The van der Waals surface area contributed by atoms with Gasteiger partial charge in [0.25, 0.3) is 0 Å². The Hall–Kier alpha value is -2.32. The highest BCUT2D eigenvalue weighted by molar-refractivity contribution is 5.93. The Morgan fingerprint density at radius 1 is 1.11 bits per heavy atom. The van der Waals surface area contributed by atoms with E-state index in [1.807, 2.05) is 6.07 Å². The number of hydrogen-bond donors (Lipinski definition) is 2. The van der Waals surface area contributed by atoms with Gasteiger partial charge in [0, 0.05) is 30.8 Å². The van der Waals surface area contributed by atoms with Gasteiger partial charge in [0.2, 0.25) is 18.6 Å². The highest BCUT2D eigenvalue weighted by Crippen LogP contribution is 2.34. The zero-order chi connectivity index (χ0) is 19.3. The van der Waals surface area contributed by atoms with E-state index in [-0.39, 0.29) is 30.6 Å². The smallest absolute Gasteiger partial charge is 0.234 e. The summed E-state index contributed by atoms with van der Waals surface area (Å²) in [6.07, 6.45) is 3.74. The van der Waals surface area contributed by atoms with E-state index in [9.17, 15) is 9.59 Å². The van der Waals surface area contributed by atoms with Gasteiger partial charge in [-0.05, 0) is 50.9 Å². The quantitative estimate of drug-likeness (QED) is 0.764. The molecule has 1 aromatic carbocycles. The number of nitrogens with zero attached hydrogens (tertiary/aromatic N) is 1. The van der Waals surface area contributed by atoms with Crippen LogP contribution >= 0.6 is 0 Å². The summed E-state index contributed by atoms with van der Waals surface area (Å²) < 4.78 is 16.1. The van der Waals surface area contributed by atoms with Crippen molar-refractivity contribution in [2.45, 2.75) is 31.8 Å². The molecule has 0 saturated carbocycles. The molecule has 152 valence electrons. The van der Waals surface area contributed by atoms with E-state index in [4.69, 9.17) is 14.2 Å². The third-order valence-electron chi connectivity index (χ3n) is 5.52. The Morgan fingerprint density at radius 3 is 2.71 bits per heavy atom. The first kappa shape index (κ1) is 19.0. The first-order valence-electron chi connectivity index (χ1n) is 9.98. The fraction of sp³-hybridized carbons (Fsp3) is 0.600. The first-order chi connectivity index (χ1) is 13.7. The van der Waals surface area contributed by atoms with Gasteiger partial charge in [-0.15, -0.1) is 0 Å². The highest BCUT2D eigenvalue weighted by Gasteiger charge is 2.26. The van der Waals surface area contributed by atoms with Crippen LogP contribution in [0.5, 0.6) is 11.5 Å². The monoisotopic (exact) mass is 389 g/mol. The maximum atomic E-state index is 12.6. The molecule has 3 heterocycles. The standard InChI is InChI=1S/C20H27N3O5/c24-19(21-11-16-2-1-9-26-16)12-23-7-5-14(6-8-23)20(25)22-15-3-4-17-18(10-15)28-13-27-17/h3-4,10,14,16H,1-2,5-9,11-13H2,(H,21,24)(H,22,25). The van der Waals surface area contributed by atoms with Gasteiger partial charge < -0.3 is 24.8 Å². The zero-order valence-electron chi connectivity index (χ0n) is 15.9. The molecule has 28 heavy (non-hydrogen) atoms. The second-order valence-electron chi connectivity index (χ2n) is 7.55. The molecule has 0 spiro atoms. The molecule has 4 rings (SSSR count). The molecule has 0 radical (unpaired) electrons. The van der Waals surface area contributed by atoms with Gasteiger partial charge in [-0.3, -0.25) is 14.5 Å². The average Bonchev–Trinajstić information content (AvgIpc) is 3.38. The van der Waals surface area contributed by atoms with E-state index in [1.54, 1.807) is 12.1 Å². The lowest BCUT2D eigenvalue weighted by Crippen LogP contribution is -2.44. The van der Waals surface area contributed by atoms with Crippen LogP contribution in [-0.4, -0.2) is 62.4 Å². The van der Waals surface area contributed by atoms with Crippen molar-refractivity contribution < 1.29 is 23.8 Å². The van der Waals surface area contributed by atoms with Crippen LogP contribution in [0.1, 0.15) is 25.7 Å². The van der Waals surface area contributed by atoms with Crippen molar-refractivity contribution >= 4 is 17.5 Å². The molecule has 1 aromatic rings. The summed E-state index contributed by atoms with van der Waals surface area (Å²) in [4.78, 5) is 26.8. The van der Waals surface area contributed by atoms with Crippen LogP contribution in [0.25, 0.3) is 0 Å². The fourth-order valence-corrected chi connectivity index (χ4v) is 3.86. The van der Waals surface area contributed by atoms with Crippen LogP contribution in [0, 0.1) is 5.92 Å². The molecular formula is C20H27N3O5. The van der Waals surface area contributed by atoms with E-state index in [0.717, 1.165) is 45.4 Å². The molecule has 3 aliphatic heterocycles. The van der Waals surface area contributed by atoms with Crippen molar-refractivity contribution in [3.63, 3.8) is 0 Å². The Kier molecular flexibility index (Phi) is 5.97. The molecule has 2 amide bonds. The summed E-state index contributed by atoms with van der Waals surface area (Å²) >= 11 is 0. The van der Waals surface area contributed by atoms with E-state index >= 15 is 0 Å². The molecule has 1 atom stereocenters. The van der Waals surface area contributed by atoms with Crippen molar-refractivity contribution in [1.29, 1.82) is 0 Å². The Labute approximate surface area is 164 Å². The molecule has 8 nitrogen and oxygen atoms in total. The minimum Gasteiger partial charge on any atom is -0.454 e. The van der Waals surface area contributed by atoms with Gasteiger partial charge in [0.15, 0.2) is 11.5 Å². The SMILES string of the molecule is O=C(CN1CCC(C(=O)Nc2ccc3c(c2)OCO3)CC1)NCC1CCCO1. The number of carbonyl (C=O) groups excluding carboxylic acids is 2. The third kappa shape index (κ3) is 4.74. The van der Waals surface area contributed by atoms with Crippen LogP contribution < -0.4 is 20.1 Å². The average molecular weight is 389 g/mol. The van der Waals surface area contributed by atoms with Gasteiger partial charge in [-0.25, -0.2) is 0 Å². The molecule has 3 aliphatic rings. The molecule has 1 unspecified atom stereocenters. The minimum atomic E-state index is -0.0448. The van der Waals surface area contributed by atoms with Crippen LogP contribution in [0.4, 0.5) is 5.69 Å². The Bertz CT molecular complexity index is 712. The topological polar surface area (TPSA) is 89.1 Å². The number of anilines is 1. The summed E-state index contributed by atoms with van der Waals surface area (Å²) in [5.41, 5.74) is 0.713. The molecule has 0 aromatic heterocycles. The number of benzene rings is 1. The van der Waals surface area contributed by atoms with Crippen LogP contribution in [0.15, 0.2) is 18.2 Å². The van der Waals surface area contributed by atoms with E-state index < -0.39 is 0 Å². The summed E-state index contributed by atoms with van der Waals surface area (Å²) in [5.74, 6) is 1.35. The van der Waals surface area contributed by atoms with Crippen LogP contribution in [0.3, 0.4) is 0 Å². The Morgan fingerprint density at radius 2 is 1.93 bits per heavy atom. The lowest BCUT2D eigenvalue weighted by Gasteiger charge is -2.30. The van der Waals surface area contributed by atoms with Crippen molar-refractivity contribution in [3.8, 4) is 11.5 Å². The number of piperidine rings is 1. The van der Waals surface area contributed by atoms with Gasteiger partial charge in [-0.1, -0.05) is 0 Å². The second-order valence-corrected chi connectivity index (χ2v) is 7.55. The molecule has 0 aliphatic carbocycles. The second kappa shape index (κ2) is 8.79. The summed E-state index contributed by atoms with van der Waals surface area (Å²) in [7, 11) is 0. The molecule has 2 saturated heterocycles. The number of rotatable bonds is 6. The normalized spacial score (nSPS) is 22.2. The van der Waals surface area contributed by atoms with Gasteiger partial charge in [0.1, 0.15) is 0 Å². The van der Waals surface area contributed by atoms with E-state index in [1.165, 1.54) is 0 Å². The van der Waals surface area contributed by atoms with Crippen LogP contribution in [0.2, 0.25) is 0 Å². The van der Waals surface area contributed by atoms with Gasteiger partial charge in [-0.2, -0.15) is 0 Å². The molecule has 8 heteroatoms. The summed E-state index contributed by atoms with van der Waals surface area (Å²) in [6, 6.07) is 5.41. The number of nitrogens with one attached hydrogen (secondary N) is 2. The third-order valence-corrected chi connectivity index (χ3v) is 5.52. The number of likely N-dealkylation sites (tertiary alicyclic amines) is 1. The predicted octanol–water partition coefficient (Wildman–Crippen LogP) is 1.36. The first-order valence-corrected chi connectivity index (χ1v) is 9.98. The lowest BCUT2D eigenvalue weighted by molar-refractivity contribution is -0.123. The number of amides is 2. The molecular weight excluding hydrogens is 362 g/mol. The molecule has 0 bridgehead atoms. The molecule has 2 N–H and O–H groups in total. The van der Waals surface area contributed by atoms with Crippen molar-refractivity contribution in [1.82, 2.24) is 10.2 Å². The van der Waals surface area contributed by atoms with E-state index in [2.05, 4.69) is 15.5 Å². The Balaban J connectivity index is 1.18. The number of ether oxygens (including phenoxy) is 3. The highest BCUT2D eigenvalue weighted by atomic mass is 16.7. The summed E-state index contributed by atoms with van der Waals surface area (Å²) in [5, 5.41) is 5.91. The maximum absolute atomic E-state index is 12.6. The van der Waals surface area contributed by atoms with Gasteiger partial charge in [0.05, 0.1) is 12.6 Å². The largest absolute Gasteiger partial charge is 0.454 e. The fourth-order valence-electron chi connectivity index (χ4n) is 3.86. The number of hydrogen-bond acceptors (Lipinski definition) is 6. The van der Waals surface area contributed by atoms with Gasteiger partial charge >= 0.3 is 0 Å². The number of fused-ring (bicyclic) bond motifs is 1. The van der Waals surface area contributed by atoms with E-state index in [0.29, 0.717) is 30.3 Å². The molecule has 2 fully saturated rings. The maximum Gasteiger partial charge on any atom is 0.234 e. The summed E-state index contributed by atoms with van der Waals surface area (Å²) in [6.45, 7) is 3.46. The zero-order valence-corrected chi connectivity index (χ0v) is 15.9. The van der Waals surface area contributed by atoms with Crippen molar-refractivity contribution in [2.24, 2.45) is 5.92 Å². The van der Waals surface area contributed by atoms with Crippen molar-refractivity contribution in [3.05, 3.63) is 18.2 Å². The number of carbonyl (C=O) groups is 2. The minimum absolute atomic E-state index is 0.0151. The van der Waals surface area contributed by atoms with Crippen LogP contribution in [-0.2, 0) is 14.3 Å². The van der Waals surface area contributed by atoms with Crippen molar-refractivity contribution in [2.75, 3.05) is 44.9 Å². The predicted molar refractivity (Wildman–Crippen MR) is 102 cm³/mol.